The summed E-state index contributed by atoms with van der Waals surface area (Å²) in [5.74, 6) is -1.12. The van der Waals surface area contributed by atoms with Crippen molar-refractivity contribution < 1.29 is 18.3 Å². The van der Waals surface area contributed by atoms with Gasteiger partial charge in [-0.1, -0.05) is 19.3 Å². The van der Waals surface area contributed by atoms with E-state index in [-0.39, 0.29) is 10.6 Å². The second-order valence-electron chi connectivity index (χ2n) is 5.15. The van der Waals surface area contributed by atoms with Gasteiger partial charge in [-0.25, -0.2) is 13.2 Å². The number of hydrogen-bond acceptors (Lipinski definition) is 3. The van der Waals surface area contributed by atoms with Gasteiger partial charge in [0.25, 0.3) is 0 Å². The molecule has 0 bridgehead atoms. The Bertz CT molecular complexity index is 584. The van der Waals surface area contributed by atoms with E-state index in [4.69, 9.17) is 5.11 Å². The van der Waals surface area contributed by atoms with E-state index in [9.17, 15) is 13.2 Å². The molecule has 7 heteroatoms. The van der Waals surface area contributed by atoms with Gasteiger partial charge in [-0.15, -0.1) is 0 Å². The zero-order valence-electron chi connectivity index (χ0n) is 11.6. The minimum Gasteiger partial charge on any atom is -0.477 e. The number of carboxylic acid groups (broad SMARTS) is 1. The van der Waals surface area contributed by atoms with E-state index in [2.05, 4.69) is 0 Å². The maximum atomic E-state index is 12.6. The minimum absolute atomic E-state index is 0.0179. The lowest BCUT2D eigenvalue weighted by Crippen LogP contribution is -2.33. The van der Waals surface area contributed by atoms with Crippen molar-refractivity contribution in [2.45, 2.75) is 37.0 Å². The van der Waals surface area contributed by atoms with Gasteiger partial charge >= 0.3 is 5.97 Å². The van der Waals surface area contributed by atoms with Crippen LogP contribution in [0.1, 0.15) is 42.6 Å². The molecule has 1 aliphatic rings. The Morgan fingerprint density at radius 3 is 2.20 bits per heavy atom. The second kappa shape index (κ2) is 5.97. The van der Waals surface area contributed by atoms with Crippen molar-refractivity contribution in [2.24, 2.45) is 7.05 Å². The molecule has 1 aromatic rings. The number of carbonyl (C=O) groups is 1. The van der Waals surface area contributed by atoms with Crippen LogP contribution in [0.25, 0.3) is 0 Å². The topological polar surface area (TPSA) is 79.6 Å². The monoisotopic (exact) mass is 300 g/mol. The van der Waals surface area contributed by atoms with Gasteiger partial charge in [-0.05, 0) is 18.9 Å². The molecule has 20 heavy (non-hydrogen) atoms. The molecule has 0 spiro atoms. The smallest absolute Gasteiger partial charge is 0.352 e. The summed E-state index contributed by atoms with van der Waals surface area (Å²) in [7, 11) is -2.05. The molecule has 6 nitrogen and oxygen atoms in total. The van der Waals surface area contributed by atoms with Crippen LogP contribution in [0.4, 0.5) is 0 Å². The molecule has 1 aromatic heterocycles. The van der Waals surface area contributed by atoms with Crippen LogP contribution in [0, 0.1) is 0 Å². The normalized spacial score (nSPS) is 18.4. The highest BCUT2D eigenvalue weighted by atomic mass is 32.2. The van der Waals surface area contributed by atoms with Crippen LogP contribution in [0.2, 0.25) is 0 Å². The number of hydrogen-bond donors (Lipinski definition) is 1. The number of aromatic carboxylic acids is 1. The van der Waals surface area contributed by atoms with Crippen LogP contribution in [-0.2, 0) is 17.1 Å². The third-order valence-corrected chi connectivity index (χ3v) is 5.52. The molecule has 0 radical (unpaired) electrons. The third-order valence-electron chi connectivity index (χ3n) is 3.65. The number of aryl methyl sites for hydroxylation is 1. The molecule has 1 N–H and O–H groups in total. The maximum Gasteiger partial charge on any atom is 0.352 e. The second-order valence-corrected chi connectivity index (χ2v) is 7.09. The summed E-state index contributed by atoms with van der Waals surface area (Å²) in [5, 5.41) is 9.01. The molecule has 0 unspecified atom stereocenters. The number of rotatable bonds is 3. The Hall–Kier alpha value is -1.34. The molecule has 0 atom stereocenters. The first-order valence-electron chi connectivity index (χ1n) is 6.83. The van der Waals surface area contributed by atoms with Crippen molar-refractivity contribution in [3.8, 4) is 0 Å². The summed E-state index contributed by atoms with van der Waals surface area (Å²) in [6.07, 6.45) is 6.33. The van der Waals surface area contributed by atoms with E-state index in [1.807, 2.05) is 0 Å². The summed E-state index contributed by atoms with van der Waals surface area (Å²) >= 11 is 0. The van der Waals surface area contributed by atoms with E-state index >= 15 is 0 Å². The fourth-order valence-electron chi connectivity index (χ4n) is 2.50. The Balaban J connectivity index is 2.28. The summed E-state index contributed by atoms with van der Waals surface area (Å²) in [5.41, 5.74) is -0.0179. The molecule has 2 rings (SSSR count). The van der Waals surface area contributed by atoms with Gasteiger partial charge in [-0.3, -0.25) is 0 Å². The highest BCUT2D eigenvalue weighted by molar-refractivity contribution is 7.89. The fraction of sp³-hybridized carbons (Fsp3) is 0.615. The van der Waals surface area contributed by atoms with Crippen molar-refractivity contribution in [1.29, 1.82) is 0 Å². The van der Waals surface area contributed by atoms with E-state index in [0.717, 1.165) is 32.1 Å². The summed E-state index contributed by atoms with van der Waals surface area (Å²) in [4.78, 5) is 11.1. The maximum absolute atomic E-state index is 12.6. The van der Waals surface area contributed by atoms with Crippen LogP contribution in [0.3, 0.4) is 0 Å². The molecular formula is C13H20N2O4S. The molecule has 0 saturated carbocycles. The van der Waals surface area contributed by atoms with Crippen molar-refractivity contribution in [3.05, 3.63) is 18.0 Å². The lowest BCUT2D eigenvalue weighted by Gasteiger charge is -2.23. The average molecular weight is 300 g/mol. The molecule has 0 aromatic carbocycles. The van der Waals surface area contributed by atoms with Crippen molar-refractivity contribution in [3.63, 3.8) is 0 Å². The van der Waals surface area contributed by atoms with Crippen molar-refractivity contribution in [1.82, 2.24) is 8.87 Å². The highest BCUT2D eigenvalue weighted by Crippen LogP contribution is 2.21. The standard InChI is InChI=1S/C13H20N2O4S/c1-14-10-11(9-12(14)13(16)17)20(18,19)15-7-5-3-2-4-6-8-15/h9-10H,2-8H2,1H3,(H,16,17). The van der Waals surface area contributed by atoms with Crippen LogP contribution in [0.15, 0.2) is 17.2 Å². The number of nitrogens with zero attached hydrogens (tertiary/aromatic N) is 2. The van der Waals surface area contributed by atoms with Crippen LogP contribution in [-0.4, -0.2) is 41.5 Å². The average Bonchev–Trinajstić information content (AvgIpc) is 2.71. The van der Waals surface area contributed by atoms with Crippen LogP contribution >= 0.6 is 0 Å². The molecule has 1 fully saturated rings. The van der Waals surface area contributed by atoms with Gasteiger partial charge in [0.15, 0.2) is 0 Å². The predicted octanol–water partition coefficient (Wildman–Crippen LogP) is 1.68. The predicted molar refractivity (Wildman–Crippen MR) is 74.2 cm³/mol. The first kappa shape index (κ1) is 15.1. The van der Waals surface area contributed by atoms with Gasteiger partial charge in [0.2, 0.25) is 10.0 Å². The Morgan fingerprint density at radius 2 is 1.70 bits per heavy atom. The van der Waals surface area contributed by atoms with E-state index in [1.165, 1.54) is 28.2 Å². The highest BCUT2D eigenvalue weighted by Gasteiger charge is 2.27. The number of carboxylic acids is 1. The Kier molecular flexibility index (Phi) is 4.49. The molecule has 1 aliphatic heterocycles. The molecule has 1 saturated heterocycles. The lowest BCUT2D eigenvalue weighted by atomic mass is 10.1. The summed E-state index contributed by atoms with van der Waals surface area (Å²) in [6.45, 7) is 1.03. The van der Waals surface area contributed by atoms with Gasteiger partial charge in [0.1, 0.15) is 10.6 Å². The van der Waals surface area contributed by atoms with Crippen molar-refractivity contribution in [2.75, 3.05) is 13.1 Å². The van der Waals surface area contributed by atoms with Crippen molar-refractivity contribution >= 4 is 16.0 Å². The van der Waals surface area contributed by atoms with Crippen LogP contribution < -0.4 is 0 Å². The summed E-state index contributed by atoms with van der Waals surface area (Å²) < 4.78 is 27.9. The molecule has 0 amide bonds. The minimum atomic E-state index is -3.59. The van der Waals surface area contributed by atoms with Gasteiger partial charge in [-0.2, -0.15) is 4.31 Å². The number of sulfonamides is 1. The van der Waals surface area contributed by atoms with E-state index in [0.29, 0.717) is 13.1 Å². The third kappa shape index (κ3) is 3.04. The first-order chi connectivity index (χ1) is 9.43. The zero-order chi connectivity index (χ0) is 14.8. The fourth-order valence-corrected chi connectivity index (χ4v) is 4.08. The molecule has 2 heterocycles. The lowest BCUT2D eigenvalue weighted by molar-refractivity contribution is 0.0686. The largest absolute Gasteiger partial charge is 0.477 e. The first-order valence-corrected chi connectivity index (χ1v) is 8.27. The van der Waals surface area contributed by atoms with Crippen LogP contribution in [0.5, 0.6) is 0 Å². The molecular weight excluding hydrogens is 280 g/mol. The quantitative estimate of drug-likeness (QED) is 0.921. The molecule has 112 valence electrons. The van der Waals surface area contributed by atoms with E-state index < -0.39 is 16.0 Å². The SMILES string of the molecule is Cn1cc(S(=O)(=O)N2CCCCCCC2)cc1C(=O)O. The van der Waals surface area contributed by atoms with Gasteiger partial charge in [0.05, 0.1) is 0 Å². The van der Waals surface area contributed by atoms with E-state index in [1.54, 1.807) is 0 Å². The Labute approximate surface area is 119 Å². The van der Waals surface area contributed by atoms with Gasteiger partial charge < -0.3 is 9.67 Å². The zero-order valence-corrected chi connectivity index (χ0v) is 12.4. The van der Waals surface area contributed by atoms with Gasteiger partial charge in [0, 0.05) is 26.3 Å². The molecule has 0 aliphatic carbocycles. The summed E-state index contributed by atoms with van der Waals surface area (Å²) in [6, 6.07) is 1.23. The Morgan fingerprint density at radius 1 is 1.15 bits per heavy atom. The number of aromatic nitrogens is 1.